The fourth-order valence-electron chi connectivity index (χ4n) is 3.37. The van der Waals surface area contributed by atoms with Gasteiger partial charge in [0, 0.05) is 0 Å². The summed E-state index contributed by atoms with van der Waals surface area (Å²) in [5.41, 5.74) is 0.473. The van der Waals surface area contributed by atoms with Crippen LogP contribution in [0, 0.1) is 0 Å². The van der Waals surface area contributed by atoms with Gasteiger partial charge in [-0.05, 0) is 36.6 Å². The zero-order valence-electron chi connectivity index (χ0n) is 19.6. The molecule has 2 aromatic rings. The van der Waals surface area contributed by atoms with Crippen molar-refractivity contribution in [3.63, 3.8) is 0 Å². The van der Waals surface area contributed by atoms with Gasteiger partial charge in [0.25, 0.3) is 0 Å². The quantitative estimate of drug-likeness (QED) is 0.190. The minimum Gasteiger partial charge on any atom is -0.744 e. The number of unbranched alkanes of at least 4 members (excludes halogenated alkanes) is 7. The van der Waals surface area contributed by atoms with Crippen molar-refractivity contribution in [2.75, 3.05) is 0 Å². The minimum atomic E-state index is -4.88. The fourth-order valence-corrected chi connectivity index (χ4v) is 4.62. The van der Waals surface area contributed by atoms with Crippen LogP contribution >= 0.6 is 0 Å². The first-order chi connectivity index (χ1) is 14.6. The topological polar surface area (TPSA) is 124 Å². The number of para-hydroxylation sites is 2. The average molecular weight is 515 g/mol. The Kier molecular flexibility index (Phi) is 16.0. The van der Waals surface area contributed by atoms with E-state index in [1.165, 1.54) is 49.9 Å². The molecule has 0 aromatic heterocycles. The molecular formula is C22H28Na2O7S2. The summed E-state index contributed by atoms with van der Waals surface area (Å²) in [4.78, 5) is -1.20. The number of hydrogen-bond acceptors (Lipinski definition) is 7. The van der Waals surface area contributed by atoms with Crippen LogP contribution in [-0.4, -0.2) is 25.9 Å². The zero-order chi connectivity index (χ0) is 22.9. The summed E-state index contributed by atoms with van der Waals surface area (Å²) in [6, 6.07) is 9.34. The molecule has 2 rings (SSSR count). The Balaban J connectivity index is 0.00000512. The second-order valence-corrected chi connectivity index (χ2v) is 10.1. The second-order valence-electron chi connectivity index (χ2n) is 7.43. The Hall–Kier alpha value is 0.0600. The van der Waals surface area contributed by atoms with E-state index in [4.69, 9.17) is 4.74 Å². The summed E-state index contributed by atoms with van der Waals surface area (Å²) in [6.45, 7) is 2.17. The van der Waals surface area contributed by atoms with Gasteiger partial charge in [-0.3, -0.25) is 0 Å². The smallest absolute Gasteiger partial charge is 0.744 e. The molecule has 0 heterocycles. The van der Waals surface area contributed by atoms with Crippen molar-refractivity contribution in [1.82, 2.24) is 0 Å². The molecule has 2 aromatic carbocycles. The molecule has 0 radical (unpaired) electrons. The molecule has 0 atom stereocenters. The second kappa shape index (κ2) is 15.9. The number of rotatable bonds is 13. The molecular weight excluding hydrogens is 486 g/mol. The Morgan fingerprint density at radius 1 is 0.697 bits per heavy atom. The van der Waals surface area contributed by atoms with E-state index in [0.717, 1.165) is 37.8 Å². The van der Waals surface area contributed by atoms with Gasteiger partial charge in [0.1, 0.15) is 31.7 Å². The number of ether oxygens (including phenoxy) is 1. The van der Waals surface area contributed by atoms with Crippen LogP contribution in [0.1, 0.15) is 63.9 Å². The predicted octanol–water partition coefficient (Wildman–Crippen LogP) is -1.02. The maximum Gasteiger partial charge on any atom is 1.00 e. The maximum atomic E-state index is 11.8. The van der Waals surface area contributed by atoms with Gasteiger partial charge in [-0.25, -0.2) is 16.8 Å². The third-order valence-electron chi connectivity index (χ3n) is 4.96. The van der Waals surface area contributed by atoms with Gasteiger partial charge in [-0.15, -0.1) is 0 Å². The molecule has 0 aliphatic carbocycles. The van der Waals surface area contributed by atoms with Gasteiger partial charge in [-0.2, -0.15) is 0 Å². The maximum absolute atomic E-state index is 11.8. The first-order valence-electron chi connectivity index (χ1n) is 10.4. The summed E-state index contributed by atoms with van der Waals surface area (Å²) in [5, 5.41) is 0. The van der Waals surface area contributed by atoms with Crippen molar-refractivity contribution in [1.29, 1.82) is 0 Å². The van der Waals surface area contributed by atoms with Crippen LogP contribution in [0.3, 0.4) is 0 Å². The van der Waals surface area contributed by atoms with Crippen molar-refractivity contribution in [3.05, 3.63) is 48.0 Å². The van der Waals surface area contributed by atoms with Crippen molar-refractivity contribution < 1.29 is 89.8 Å². The molecule has 172 valence electrons. The van der Waals surface area contributed by atoms with Crippen molar-refractivity contribution in [2.45, 2.75) is 74.5 Å². The molecule has 7 nitrogen and oxygen atoms in total. The SMILES string of the molecule is CCCCCCCCCCc1cccc(S(=O)(=O)[O-])c1Oc1ccccc1S(=O)(=O)[O-].[Na+].[Na+]. The fraction of sp³-hybridized carbons (Fsp3) is 0.455. The average Bonchev–Trinajstić information content (AvgIpc) is 2.69. The van der Waals surface area contributed by atoms with Crippen LogP contribution in [-0.2, 0) is 26.7 Å². The first kappa shape index (κ1) is 33.1. The molecule has 0 spiro atoms. The molecule has 11 heteroatoms. The van der Waals surface area contributed by atoms with Gasteiger partial charge in [-0.1, -0.05) is 76.1 Å². The van der Waals surface area contributed by atoms with E-state index < -0.39 is 30.0 Å². The molecule has 0 N–H and O–H groups in total. The normalized spacial score (nSPS) is 11.4. The standard InChI is InChI=1S/C22H30O7S2.2Na/c1-2-3-4-5-6-7-8-9-13-18-14-12-17-21(31(26,27)28)22(18)29-19-15-10-11-16-20(19)30(23,24)25;;/h10-12,14-17H,2-9,13H2,1H3,(H,23,24,25)(H,26,27,28);;/q;2*+1/p-2. The van der Waals surface area contributed by atoms with Crippen LogP contribution in [0.4, 0.5) is 0 Å². The Labute approximate surface area is 241 Å². The summed E-state index contributed by atoms with van der Waals surface area (Å²) in [5.74, 6) is -0.540. The van der Waals surface area contributed by atoms with E-state index in [1.807, 2.05) is 0 Å². The van der Waals surface area contributed by atoms with E-state index in [-0.39, 0.29) is 70.6 Å². The van der Waals surface area contributed by atoms with E-state index in [9.17, 15) is 25.9 Å². The van der Waals surface area contributed by atoms with E-state index in [2.05, 4.69) is 6.92 Å². The molecule has 0 fully saturated rings. The van der Waals surface area contributed by atoms with Crippen molar-refractivity contribution in [3.8, 4) is 11.5 Å². The van der Waals surface area contributed by atoms with Crippen molar-refractivity contribution >= 4 is 20.2 Å². The number of benzene rings is 2. The molecule has 0 amide bonds. The Morgan fingerprint density at radius 3 is 1.79 bits per heavy atom. The van der Waals surface area contributed by atoms with Crippen LogP contribution in [0.5, 0.6) is 11.5 Å². The Morgan fingerprint density at radius 2 is 1.21 bits per heavy atom. The summed E-state index contributed by atoms with van der Waals surface area (Å²) >= 11 is 0. The van der Waals surface area contributed by atoms with Gasteiger partial charge in [0.2, 0.25) is 0 Å². The van der Waals surface area contributed by atoms with Crippen LogP contribution in [0.2, 0.25) is 0 Å². The number of aryl methyl sites for hydroxylation is 1. The van der Waals surface area contributed by atoms with Crippen LogP contribution < -0.4 is 63.9 Å². The molecule has 0 saturated carbocycles. The van der Waals surface area contributed by atoms with Gasteiger partial charge in [0.15, 0.2) is 0 Å². The summed E-state index contributed by atoms with van der Waals surface area (Å²) < 4.78 is 75.5. The zero-order valence-corrected chi connectivity index (χ0v) is 25.2. The van der Waals surface area contributed by atoms with Crippen LogP contribution in [0.15, 0.2) is 52.3 Å². The van der Waals surface area contributed by atoms with E-state index in [0.29, 0.717) is 12.0 Å². The Bertz CT molecular complexity index is 1070. The largest absolute Gasteiger partial charge is 1.00 e. The molecule has 0 saturated heterocycles. The van der Waals surface area contributed by atoms with E-state index >= 15 is 0 Å². The summed E-state index contributed by atoms with van der Waals surface area (Å²) in [7, 11) is -9.73. The number of hydrogen-bond donors (Lipinski definition) is 0. The molecule has 0 aliphatic rings. The van der Waals surface area contributed by atoms with Crippen molar-refractivity contribution in [2.24, 2.45) is 0 Å². The van der Waals surface area contributed by atoms with Crippen LogP contribution in [0.25, 0.3) is 0 Å². The summed E-state index contributed by atoms with van der Waals surface area (Å²) in [6.07, 6.45) is 9.17. The van der Waals surface area contributed by atoms with E-state index in [1.54, 1.807) is 6.07 Å². The third kappa shape index (κ3) is 11.1. The first-order valence-corrected chi connectivity index (χ1v) is 13.3. The van der Waals surface area contributed by atoms with Gasteiger partial charge < -0.3 is 13.8 Å². The molecule has 0 bridgehead atoms. The molecule has 0 aliphatic heterocycles. The van der Waals surface area contributed by atoms with Gasteiger partial charge in [0.05, 0.1) is 9.79 Å². The minimum absolute atomic E-state index is 0. The predicted molar refractivity (Wildman–Crippen MR) is 115 cm³/mol. The van der Waals surface area contributed by atoms with Gasteiger partial charge >= 0.3 is 59.1 Å². The molecule has 33 heavy (non-hydrogen) atoms. The monoisotopic (exact) mass is 514 g/mol. The third-order valence-corrected chi connectivity index (χ3v) is 6.70. The molecule has 0 unspecified atom stereocenters.